The number of hydrogen-bond donors (Lipinski definition) is 0. The number of carbonyl (C=O) groups excluding carboxylic acids is 2. The fourth-order valence-electron chi connectivity index (χ4n) is 1.14. The summed E-state index contributed by atoms with van der Waals surface area (Å²) >= 11 is 0. The van der Waals surface area contributed by atoms with Gasteiger partial charge in [-0.15, -0.1) is 13.2 Å². The molecule has 0 aromatic heterocycles. The van der Waals surface area contributed by atoms with E-state index in [1.54, 1.807) is 19.2 Å². The molecule has 0 aromatic carbocycles. The van der Waals surface area contributed by atoms with Gasteiger partial charge in [0.25, 0.3) is 0 Å². The van der Waals surface area contributed by atoms with Crippen molar-refractivity contribution >= 4 is 12.2 Å². The standard InChI is InChI=1S/C9H17NO2.C7H12O/c1-6-7(2)8(3)9(11)10(4)12-5;1-4-6(2)7(3)5-8/h6-8H,1H2,2-5H3;4-7H,1H2,2-3H3/t7-,8+;6-,7-/m00/s1. The van der Waals surface area contributed by atoms with Crippen molar-refractivity contribution in [2.24, 2.45) is 23.7 Å². The van der Waals surface area contributed by atoms with Crippen LogP contribution >= 0.6 is 0 Å². The van der Waals surface area contributed by atoms with Crippen molar-refractivity contribution in [2.45, 2.75) is 27.7 Å². The van der Waals surface area contributed by atoms with Crippen LogP contribution in [0.25, 0.3) is 0 Å². The molecule has 20 heavy (non-hydrogen) atoms. The maximum Gasteiger partial charge on any atom is 0.249 e. The summed E-state index contributed by atoms with van der Waals surface area (Å²) in [5, 5.41) is 1.24. The van der Waals surface area contributed by atoms with Gasteiger partial charge in [-0.3, -0.25) is 9.63 Å². The van der Waals surface area contributed by atoms with E-state index in [4.69, 9.17) is 4.84 Å². The highest BCUT2D eigenvalue weighted by atomic mass is 16.7. The lowest BCUT2D eigenvalue weighted by Crippen LogP contribution is -2.33. The van der Waals surface area contributed by atoms with E-state index < -0.39 is 0 Å². The number of carbonyl (C=O) groups is 2. The lowest BCUT2D eigenvalue weighted by molar-refractivity contribution is -0.173. The topological polar surface area (TPSA) is 46.6 Å². The Bertz CT molecular complexity index is 303. The van der Waals surface area contributed by atoms with Gasteiger partial charge in [0, 0.05) is 18.9 Å². The van der Waals surface area contributed by atoms with E-state index in [1.807, 2.05) is 27.7 Å². The van der Waals surface area contributed by atoms with Crippen molar-refractivity contribution in [3.63, 3.8) is 0 Å². The molecular weight excluding hydrogens is 254 g/mol. The average Bonchev–Trinajstić information content (AvgIpc) is 2.50. The summed E-state index contributed by atoms with van der Waals surface area (Å²) in [6.45, 7) is 14.9. The van der Waals surface area contributed by atoms with E-state index in [1.165, 1.54) is 12.2 Å². The first-order valence-corrected chi connectivity index (χ1v) is 6.78. The molecule has 0 bridgehead atoms. The van der Waals surface area contributed by atoms with Gasteiger partial charge in [-0.1, -0.05) is 39.8 Å². The minimum Gasteiger partial charge on any atom is -0.303 e. The van der Waals surface area contributed by atoms with Crippen LogP contribution in [-0.4, -0.2) is 31.4 Å². The van der Waals surface area contributed by atoms with Crippen LogP contribution < -0.4 is 0 Å². The van der Waals surface area contributed by atoms with Gasteiger partial charge in [0.2, 0.25) is 5.91 Å². The average molecular weight is 283 g/mol. The number of amides is 1. The van der Waals surface area contributed by atoms with Gasteiger partial charge < -0.3 is 4.79 Å². The number of rotatable bonds is 7. The first-order valence-electron chi connectivity index (χ1n) is 6.78. The molecule has 0 aliphatic rings. The molecule has 0 aliphatic heterocycles. The molecule has 0 unspecified atom stereocenters. The largest absolute Gasteiger partial charge is 0.303 e. The second kappa shape index (κ2) is 11.4. The van der Waals surface area contributed by atoms with Gasteiger partial charge in [0.15, 0.2) is 0 Å². The summed E-state index contributed by atoms with van der Waals surface area (Å²) < 4.78 is 0. The van der Waals surface area contributed by atoms with Crippen molar-refractivity contribution in [2.75, 3.05) is 14.2 Å². The van der Waals surface area contributed by atoms with Gasteiger partial charge in [-0.2, -0.15) is 0 Å². The molecule has 0 rings (SSSR count). The van der Waals surface area contributed by atoms with E-state index in [0.717, 1.165) is 6.29 Å². The van der Waals surface area contributed by atoms with Gasteiger partial charge in [0.1, 0.15) is 6.29 Å². The van der Waals surface area contributed by atoms with Crippen LogP contribution in [0, 0.1) is 23.7 Å². The van der Waals surface area contributed by atoms with Crippen LogP contribution in [0.5, 0.6) is 0 Å². The maximum absolute atomic E-state index is 11.4. The molecule has 0 spiro atoms. The molecule has 0 aromatic rings. The number of hydrogen-bond acceptors (Lipinski definition) is 3. The Morgan fingerprint density at radius 1 is 1.05 bits per heavy atom. The zero-order valence-electron chi connectivity index (χ0n) is 13.6. The van der Waals surface area contributed by atoms with Gasteiger partial charge in [-0.25, -0.2) is 5.06 Å². The van der Waals surface area contributed by atoms with E-state index in [9.17, 15) is 9.59 Å². The van der Waals surface area contributed by atoms with Crippen LogP contribution in [0.1, 0.15) is 27.7 Å². The number of hydroxylamine groups is 2. The highest BCUT2D eigenvalue weighted by molar-refractivity contribution is 5.77. The van der Waals surface area contributed by atoms with Crippen LogP contribution in [0.4, 0.5) is 0 Å². The third kappa shape index (κ3) is 7.89. The summed E-state index contributed by atoms with van der Waals surface area (Å²) in [6.07, 6.45) is 4.51. The lowest BCUT2D eigenvalue weighted by Gasteiger charge is -2.21. The van der Waals surface area contributed by atoms with Gasteiger partial charge in [0.05, 0.1) is 7.11 Å². The number of nitrogens with zero attached hydrogens (tertiary/aromatic N) is 1. The first-order chi connectivity index (χ1) is 9.26. The highest BCUT2D eigenvalue weighted by Crippen LogP contribution is 2.14. The SMILES string of the molecule is C=C[C@H](C)[C@@H](C)C(=O)N(C)OC.C=C[C@H](C)[C@@H](C)C=O. The molecule has 0 saturated carbocycles. The van der Waals surface area contributed by atoms with Crippen LogP contribution in [0.2, 0.25) is 0 Å². The molecule has 4 nitrogen and oxygen atoms in total. The Hall–Kier alpha value is -1.42. The van der Waals surface area contributed by atoms with Crippen molar-refractivity contribution in [3.8, 4) is 0 Å². The summed E-state index contributed by atoms with van der Waals surface area (Å²) in [4.78, 5) is 26.3. The quantitative estimate of drug-likeness (QED) is 0.410. The summed E-state index contributed by atoms with van der Waals surface area (Å²) in [7, 11) is 3.08. The Morgan fingerprint density at radius 2 is 1.50 bits per heavy atom. The molecule has 116 valence electrons. The Kier molecular flexibility index (Phi) is 11.9. The molecule has 0 N–H and O–H groups in total. The normalized spacial score (nSPS) is 15.7. The van der Waals surface area contributed by atoms with Crippen LogP contribution in [0.3, 0.4) is 0 Å². The number of aldehydes is 1. The van der Waals surface area contributed by atoms with Crippen molar-refractivity contribution in [1.29, 1.82) is 0 Å². The van der Waals surface area contributed by atoms with E-state index in [-0.39, 0.29) is 23.7 Å². The monoisotopic (exact) mass is 283 g/mol. The number of allylic oxidation sites excluding steroid dienone is 2. The lowest BCUT2D eigenvalue weighted by atomic mass is 9.95. The zero-order valence-corrected chi connectivity index (χ0v) is 13.6. The molecule has 0 heterocycles. The first kappa shape index (κ1) is 20.9. The highest BCUT2D eigenvalue weighted by Gasteiger charge is 2.21. The fraction of sp³-hybridized carbons (Fsp3) is 0.625. The van der Waals surface area contributed by atoms with Crippen LogP contribution in [-0.2, 0) is 14.4 Å². The predicted octanol–water partition coefficient (Wildman–Crippen LogP) is 3.11. The Balaban J connectivity index is 0. The van der Waals surface area contributed by atoms with E-state index in [2.05, 4.69) is 13.2 Å². The third-order valence-electron chi connectivity index (χ3n) is 3.55. The van der Waals surface area contributed by atoms with Gasteiger partial charge >= 0.3 is 0 Å². The minimum absolute atomic E-state index is 0.0232. The summed E-state index contributed by atoms with van der Waals surface area (Å²) in [5.41, 5.74) is 0. The van der Waals surface area contributed by atoms with Crippen molar-refractivity contribution < 1.29 is 14.4 Å². The molecular formula is C16H29NO3. The van der Waals surface area contributed by atoms with Crippen molar-refractivity contribution in [1.82, 2.24) is 5.06 Å². The third-order valence-corrected chi connectivity index (χ3v) is 3.55. The molecule has 4 heteroatoms. The molecule has 0 radical (unpaired) electrons. The smallest absolute Gasteiger partial charge is 0.249 e. The molecule has 0 fully saturated rings. The Morgan fingerprint density at radius 3 is 1.75 bits per heavy atom. The molecule has 0 aliphatic carbocycles. The molecule has 0 saturated heterocycles. The van der Waals surface area contributed by atoms with E-state index >= 15 is 0 Å². The Labute approximate surface area is 123 Å². The van der Waals surface area contributed by atoms with Gasteiger partial charge in [-0.05, 0) is 11.8 Å². The molecule has 1 amide bonds. The van der Waals surface area contributed by atoms with Crippen LogP contribution in [0.15, 0.2) is 25.3 Å². The fourth-order valence-corrected chi connectivity index (χ4v) is 1.14. The minimum atomic E-state index is -0.0764. The predicted molar refractivity (Wildman–Crippen MR) is 82.9 cm³/mol. The summed E-state index contributed by atoms with van der Waals surface area (Å²) in [6, 6.07) is 0. The zero-order chi connectivity index (χ0) is 16.3. The molecule has 4 atom stereocenters. The summed E-state index contributed by atoms with van der Waals surface area (Å²) in [5.74, 6) is 0.507. The van der Waals surface area contributed by atoms with E-state index in [0.29, 0.717) is 5.92 Å². The second-order valence-corrected chi connectivity index (χ2v) is 4.99. The second-order valence-electron chi connectivity index (χ2n) is 4.99. The van der Waals surface area contributed by atoms with Crippen molar-refractivity contribution in [3.05, 3.63) is 25.3 Å². The maximum atomic E-state index is 11.4.